The van der Waals surface area contributed by atoms with Crippen LogP contribution in [0, 0.1) is 27.7 Å². The number of anilines is 2. The molecule has 0 saturated heterocycles. The number of carbonyl (C=O) groups is 1. The molecular formula is C18H21N3OS. The summed E-state index contributed by atoms with van der Waals surface area (Å²) in [6.07, 6.45) is 0. The van der Waals surface area contributed by atoms with Gasteiger partial charge in [-0.2, -0.15) is 0 Å². The SMILES string of the molecule is Cc1cc(C)c2c(n1)SCCN2C(=O)Nc1ccc(C)c(C)c1. The number of fused-ring (bicyclic) bond motifs is 1. The maximum Gasteiger partial charge on any atom is 0.326 e. The molecule has 0 saturated carbocycles. The average molecular weight is 327 g/mol. The largest absolute Gasteiger partial charge is 0.326 e. The number of benzene rings is 1. The topological polar surface area (TPSA) is 45.2 Å². The Morgan fingerprint density at radius 1 is 1.13 bits per heavy atom. The highest BCUT2D eigenvalue weighted by Gasteiger charge is 2.26. The molecule has 0 unspecified atom stereocenters. The lowest BCUT2D eigenvalue weighted by molar-refractivity contribution is 0.257. The second-order valence-corrected chi connectivity index (χ2v) is 7.05. The summed E-state index contributed by atoms with van der Waals surface area (Å²) in [7, 11) is 0. The molecule has 0 spiro atoms. The van der Waals surface area contributed by atoms with Gasteiger partial charge in [0.1, 0.15) is 5.03 Å². The van der Waals surface area contributed by atoms with Crippen molar-refractivity contribution in [2.24, 2.45) is 0 Å². The highest BCUT2D eigenvalue weighted by Crippen LogP contribution is 2.36. The van der Waals surface area contributed by atoms with Gasteiger partial charge in [-0.3, -0.25) is 4.90 Å². The number of hydrogen-bond acceptors (Lipinski definition) is 3. The minimum atomic E-state index is -0.0939. The van der Waals surface area contributed by atoms with Crippen LogP contribution < -0.4 is 10.2 Å². The number of nitrogens with one attached hydrogen (secondary N) is 1. The molecular weight excluding hydrogens is 306 g/mol. The van der Waals surface area contributed by atoms with E-state index in [1.165, 1.54) is 11.1 Å². The van der Waals surface area contributed by atoms with Crippen molar-refractivity contribution in [3.05, 3.63) is 46.6 Å². The third-order valence-corrected chi connectivity index (χ3v) is 5.05. The second-order valence-electron chi connectivity index (χ2n) is 5.96. The van der Waals surface area contributed by atoms with Crippen LogP contribution in [0.4, 0.5) is 16.2 Å². The Balaban J connectivity index is 1.88. The van der Waals surface area contributed by atoms with Gasteiger partial charge in [-0.25, -0.2) is 9.78 Å². The highest BCUT2D eigenvalue weighted by molar-refractivity contribution is 7.99. The van der Waals surface area contributed by atoms with Gasteiger partial charge in [0.15, 0.2) is 0 Å². The molecule has 2 amide bonds. The maximum absolute atomic E-state index is 12.7. The summed E-state index contributed by atoms with van der Waals surface area (Å²) in [5, 5.41) is 3.96. The van der Waals surface area contributed by atoms with E-state index in [0.29, 0.717) is 6.54 Å². The van der Waals surface area contributed by atoms with Gasteiger partial charge in [0, 0.05) is 23.7 Å². The molecule has 1 aromatic carbocycles. The van der Waals surface area contributed by atoms with Crippen LogP contribution in [0.15, 0.2) is 29.3 Å². The van der Waals surface area contributed by atoms with Crippen molar-refractivity contribution in [1.82, 2.24) is 4.98 Å². The van der Waals surface area contributed by atoms with E-state index in [2.05, 4.69) is 24.1 Å². The van der Waals surface area contributed by atoms with Gasteiger partial charge >= 0.3 is 6.03 Å². The van der Waals surface area contributed by atoms with E-state index < -0.39 is 0 Å². The molecule has 0 aliphatic carbocycles. The van der Waals surface area contributed by atoms with Crippen LogP contribution in [0.3, 0.4) is 0 Å². The normalized spacial score (nSPS) is 13.7. The summed E-state index contributed by atoms with van der Waals surface area (Å²) >= 11 is 1.72. The van der Waals surface area contributed by atoms with Crippen molar-refractivity contribution < 1.29 is 4.79 Å². The number of aromatic nitrogens is 1. The zero-order valence-corrected chi connectivity index (χ0v) is 14.8. The zero-order chi connectivity index (χ0) is 16.6. The van der Waals surface area contributed by atoms with Gasteiger partial charge in [0.2, 0.25) is 0 Å². The van der Waals surface area contributed by atoms with Crippen LogP contribution in [0.1, 0.15) is 22.4 Å². The standard InChI is InChI=1S/C18H21N3OS/c1-11-5-6-15(10-12(11)2)20-18(22)21-7-8-23-17-16(21)13(3)9-14(4)19-17/h5-6,9-10H,7-8H2,1-4H3,(H,20,22). The third-order valence-electron chi connectivity index (χ3n) is 4.11. The summed E-state index contributed by atoms with van der Waals surface area (Å²) in [6, 6.07) is 7.92. The molecule has 1 aromatic heterocycles. The molecule has 0 atom stereocenters. The van der Waals surface area contributed by atoms with Crippen LogP contribution in [0.2, 0.25) is 0 Å². The van der Waals surface area contributed by atoms with E-state index in [1.54, 1.807) is 11.8 Å². The lowest BCUT2D eigenvalue weighted by Gasteiger charge is -2.30. The summed E-state index contributed by atoms with van der Waals surface area (Å²) < 4.78 is 0. The minimum absolute atomic E-state index is 0.0939. The number of urea groups is 1. The predicted octanol–water partition coefficient (Wildman–Crippen LogP) is 4.46. The Bertz CT molecular complexity index is 773. The van der Waals surface area contributed by atoms with Gasteiger partial charge in [0.25, 0.3) is 0 Å². The van der Waals surface area contributed by atoms with E-state index in [9.17, 15) is 4.79 Å². The van der Waals surface area contributed by atoms with Gasteiger partial charge in [-0.05, 0) is 62.6 Å². The Morgan fingerprint density at radius 3 is 2.65 bits per heavy atom. The summed E-state index contributed by atoms with van der Waals surface area (Å²) in [5.74, 6) is 0.864. The number of pyridine rings is 1. The molecule has 5 heteroatoms. The molecule has 120 valence electrons. The molecule has 1 aliphatic heterocycles. The van der Waals surface area contributed by atoms with Gasteiger partial charge in [-0.15, -0.1) is 11.8 Å². The van der Waals surface area contributed by atoms with Crippen molar-refractivity contribution >= 4 is 29.2 Å². The Labute approximate surface area is 141 Å². The van der Waals surface area contributed by atoms with Crippen molar-refractivity contribution in [3.8, 4) is 0 Å². The van der Waals surface area contributed by atoms with Gasteiger partial charge in [0.05, 0.1) is 5.69 Å². The Hall–Kier alpha value is -2.01. The van der Waals surface area contributed by atoms with Crippen LogP contribution in [-0.2, 0) is 0 Å². The Morgan fingerprint density at radius 2 is 1.91 bits per heavy atom. The van der Waals surface area contributed by atoms with E-state index >= 15 is 0 Å². The molecule has 1 aliphatic rings. The smallest absolute Gasteiger partial charge is 0.308 e. The van der Waals surface area contributed by atoms with Crippen molar-refractivity contribution in [1.29, 1.82) is 0 Å². The molecule has 2 aromatic rings. The van der Waals surface area contributed by atoms with E-state index in [-0.39, 0.29) is 6.03 Å². The summed E-state index contributed by atoms with van der Waals surface area (Å²) in [6.45, 7) is 8.84. The zero-order valence-electron chi connectivity index (χ0n) is 13.9. The number of amides is 2. The second kappa shape index (κ2) is 6.24. The number of hydrogen-bond donors (Lipinski definition) is 1. The fourth-order valence-electron chi connectivity index (χ4n) is 2.78. The van der Waals surface area contributed by atoms with E-state index in [1.807, 2.05) is 43.0 Å². The number of thioether (sulfide) groups is 1. The van der Waals surface area contributed by atoms with Crippen molar-refractivity contribution in [3.63, 3.8) is 0 Å². The van der Waals surface area contributed by atoms with Gasteiger partial charge in [-0.1, -0.05) is 6.07 Å². The monoisotopic (exact) mass is 327 g/mol. The average Bonchev–Trinajstić information content (AvgIpc) is 2.50. The minimum Gasteiger partial charge on any atom is -0.308 e. The maximum atomic E-state index is 12.7. The van der Waals surface area contributed by atoms with Crippen LogP contribution >= 0.6 is 11.8 Å². The number of nitrogens with zero attached hydrogens (tertiary/aromatic N) is 2. The molecule has 4 nitrogen and oxygen atoms in total. The first-order valence-corrected chi connectivity index (χ1v) is 8.71. The number of carbonyl (C=O) groups excluding carboxylic acids is 1. The Kier molecular flexibility index (Phi) is 4.31. The molecule has 2 heterocycles. The van der Waals surface area contributed by atoms with Crippen LogP contribution in [0.5, 0.6) is 0 Å². The first-order valence-electron chi connectivity index (χ1n) is 7.72. The third kappa shape index (κ3) is 3.20. The van der Waals surface area contributed by atoms with Crippen LogP contribution in [-0.4, -0.2) is 23.3 Å². The lowest BCUT2D eigenvalue weighted by Crippen LogP contribution is -2.39. The molecule has 0 bridgehead atoms. The number of rotatable bonds is 1. The molecule has 0 fully saturated rings. The van der Waals surface area contributed by atoms with Crippen LogP contribution in [0.25, 0.3) is 0 Å². The molecule has 0 radical (unpaired) electrons. The van der Waals surface area contributed by atoms with E-state index in [4.69, 9.17) is 0 Å². The fourth-order valence-corrected chi connectivity index (χ4v) is 3.87. The number of aryl methyl sites for hydroxylation is 4. The molecule has 23 heavy (non-hydrogen) atoms. The predicted molar refractivity (Wildman–Crippen MR) is 96.7 cm³/mol. The summed E-state index contributed by atoms with van der Waals surface area (Å²) in [4.78, 5) is 19.1. The molecule has 3 rings (SSSR count). The molecule has 1 N–H and O–H groups in total. The highest BCUT2D eigenvalue weighted by atomic mass is 32.2. The quantitative estimate of drug-likeness (QED) is 0.841. The lowest BCUT2D eigenvalue weighted by atomic mass is 10.1. The summed E-state index contributed by atoms with van der Waals surface area (Å²) in [5.41, 5.74) is 6.24. The fraction of sp³-hybridized carbons (Fsp3) is 0.333. The van der Waals surface area contributed by atoms with Crippen molar-refractivity contribution in [2.75, 3.05) is 22.5 Å². The van der Waals surface area contributed by atoms with Gasteiger partial charge < -0.3 is 5.32 Å². The first kappa shape index (κ1) is 15.9. The van der Waals surface area contributed by atoms with Crippen molar-refractivity contribution in [2.45, 2.75) is 32.7 Å². The first-order chi connectivity index (χ1) is 11.0. The van der Waals surface area contributed by atoms with E-state index in [0.717, 1.165) is 33.4 Å².